The Kier molecular flexibility index (Phi) is 4.87. The maximum atomic E-state index is 13.3. The van der Waals surface area contributed by atoms with E-state index in [1.165, 1.54) is 6.07 Å². The van der Waals surface area contributed by atoms with Gasteiger partial charge in [0.1, 0.15) is 0 Å². The zero-order valence-electron chi connectivity index (χ0n) is 10.1. The van der Waals surface area contributed by atoms with Gasteiger partial charge in [-0.2, -0.15) is 0 Å². The molecule has 0 radical (unpaired) electrons. The van der Waals surface area contributed by atoms with E-state index in [1.807, 2.05) is 0 Å². The molecule has 0 aliphatic rings. The van der Waals surface area contributed by atoms with E-state index in [4.69, 9.17) is 0 Å². The van der Waals surface area contributed by atoms with Crippen molar-refractivity contribution < 1.29 is 8.78 Å². The van der Waals surface area contributed by atoms with Crippen molar-refractivity contribution >= 4 is 0 Å². The quantitative estimate of drug-likeness (QED) is 0.812. The first-order chi connectivity index (χ1) is 7.50. The Hall–Kier alpha value is -0.960. The van der Waals surface area contributed by atoms with Gasteiger partial charge < -0.3 is 5.32 Å². The molecule has 0 aliphatic heterocycles. The smallest absolute Gasteiger partial charge is 0.163 e. The van der Waals surface area contributed by atoms with Gasteiger partial charge in [-0.25, -0.2) is 8.78 Å². The van der Waals surface area contributed by atoms with Crippen molar-refractivity contribution in [3.63, 3.8) is 0 Å². The number of hydrogen-bond donors (Lipinski definition) is 1. The predicted molar refractivity (Wildman–Crippen MR) is 62.1 cm³/mol. The minimum Gasteiger partial charge on any atom is -0.310 e. The molecule has 3 heteroatoms. The van der Waals surface area contributed by atoms with Gasteiger partial charge >= 0.3 is 0 Å². The summed E-state index contributed by atoms with van der Waals surface area (Å²) in [6.45, 7) is 6.70. The molecular formula is C13H19F2N. The first kappa shape index (κ1) is 13.1. The van der Waals surface area contributed by atoms with Gasteiger partial charge in [-0.3, -0.25) is 0 Å². The molecule has 16 heavy (non-hydrogen) atoms. The highest BCUT2D eigenvalue weighted by atomic mass is 19.2. The maximum absolute atomic E-state index is 13.3. The Morgan fingerprint density at radius 3 is 2.50 bits per heavy atom. The average molecular weight is 227 g/mol. The summed E-state index contributed by atoms with van der Waals surface area (Å²) in [5.41, 5.74) is 0.385. The third-order valence-electron chi connectivity index (χ3n) is 2.50. The molecule has 0 spiro atoms. The van der Waals surface area contributed by atoms with Crippen LogP contribution < -0.4 is 5.32 Å². The van der Waals surface area contributed by atoms with E-state index in [1.54, 1.807) is 6.07 Å². The van der Waals surface area contributed by atoms with Crippen LogP contribution in [-0.4, -0.2) is 6.04 Å². The number of rotatable bonds is 5. The van der Waals surface area contributed by atoms with Gasteiger partial charge in [0.25, 0.3) is 0 Å². The van der Waals surface area contributed by atoms with Crippen LogP contribution in [0.3, 0.4) is 0 Å². The summed E-state index contributed by atoms with van der Waals surface area (Å²) >= 11 is 0. The molecule has 0 amide bonds. The molecule has 1 aromatic rings. The Morgan fingerprint density at radius 1 is 1.19 bits per heavy atom. The Balaban J connectivity index is 2.51. The van der Waals surface area contributed by atoms with Gasteiger partial charge in [0, 0.05) is 18.2 Å². The van der Waals surface area contributed by atoms with Crippen LogP contribution in [0.5, 0.6) is 0 Å². The highest BCUT2D eigenvalue weighted by molar-refractivity contribution is 5.18. The third-order valence-corrected chi connectivity index (χ3v) is 2.50. The summed E-state index contributed by atoms with van der Waals surface area (Å²) in [5, 5.41) is 3.19. The van der Waals surface area contributed by atoms with Gasteiger partial charge in [0.15, 0.2) is 11.6 Å². The largest absolute Gasteiger partial charge is 0.310 e. The van der Waals surface area contributed by atoms with Crippen LogP contribution in [0.1, 0.15) is 32.8 Å². The molecule has 0 aliphatic carbocycles. The second-order valence-electron chi connectivity index (χ2n) is 4.62. The van der Waals surface area contributed by atoms with Crippen LogP contribution in [0.4, 0.5) is 8.78 Å². The fourth-order valence-corrected chi connectivity index (χ4v) is 1.76. The summed E-state index contributed by atoms with van der Waals surface area (Å²) in [7, 11) is 0. The van der Waals surface area contributed by atoms with Crippen molar-refractivity contribution in [3.8, 4) is 0 Å². The maximum Gasteiger partial charge on any atom is 0.163 e. The van der Waals surface area contributed by atoms with Crippen LogP contribution in [0, 0.1) is 17.6 Å². The molecule has 0 saturated heterocycles. The second kappa shape index (κ2) is 5.94. The molecule has 0 saturated carbocycles. The second-order valence-corrected chi connectivity index (χ2v) is 4.62. The number of benzene rings is 1. The predicted octanol–water partition coefficient (Wildman–Crippen LogP) is 3.49. The molecule has 1 aromatic carbocycles. The number of hydrogen-bond acceptors (Lipinski definition) is 1. The standard InChI is InChI=1S/C13H19F2N/c1-9(2)7-10(3)16-8-11-5-4-6-12(14)13(11)15/h4-6,9-10,16H,7-8H2,1-3H3. The van der Waals surface area contributed by atoms with Crippen molar-refractivity contribution in [1.82, 2.24) is 5.32 Å². The lowest BCUT2D eigenvalue weighted by atomic mass is 10.0. The van der Waals surface area contributed by atoms with Crippen LogP contribution in [0.25, 0.3) is 0 Å². The van der Waals surface area contributed by atoms with Gasteiger partial charge in [0.05, 0.1) is 0 Å². The summed E-state index contributed by atoms with van der Waals surface area (Å²) in [5.74, 6) is -0.928. The van der Waals surface area contributed by atoms with E-state index in [-0.39, 0.29) is 0 Å². The molecule has 0 heterocycles. The molecule has 0 fully saturated rings. The van der Waals surface area contributed by atoms with E-state index in [0.717, 1.165) is 12.5 Å². The first-order valence-electron chi connectivity index (χ1n) is 5.67. The number of nitrogens with one attached hydrogen (secondary N) is 1. The lowest BCUT2D eigenvalue weighted by Crippen LogP contribution is -2.27. The Labute approximate surface area is 95.9 Å². The highest BCUT2D eigenvalue weighted by Crippen LogP contribution is 2.12. The normalized spacial score (nSPS) is 13.1. The van der Waals surface area contributed by atoms with Crippen molar-refractivity contribution in [3.05, 3.63) is 35.4 Å². The molecular weight excluding hydrogens is 208 g/mol. The van der Waals surface area contributed by atoms with E-state index in [2.05, 4.69) is 26.1 Å². The zero-order valence-corrected chi connectivity index (χ0v) is 10.1. The molecule has 1 unspecified atom stereocenters. The third kappa shape index (κ3) is 3.89. The fraction of sp³-hybridized carbons (Fsp3) is 0.538. The molecule has 0 bridgehead atoms. The SMILES string of the molecule is CC(C)CC(C)NCc1cccc(F)c1F. The molecule has 1 nitrogen and oxygen atoms in total. The lowest BCUT2D eigenvalue weighted by molar-refractivity contribution is 0.431. The van der Waals surface area contributed by atoms with Crippen molar-refractivity contribution in [2.45, 2.75) is 39.8 Å². The number of halogens is 2. The minimum atomic E-state index is -0.782. The van der Waals surface area contributed by atoms with Crippen LogP contribution in [-0.2, 0) is 6.54 Å². The molecule has 1 rings (SSSR count). The monoisotopic (exact) mass is 227 g/mol. The Morgan fingerprint density at radius 2 is 1.88 bits per heavy atom. The summed E-state index contributed by atoms with van der Waals surface area (Å²) in [6, 6.07) is 4.58. The van der Waals surface area contributed by atoms with Crippen molar-refractivity contribution in [2.24, 2.45) is 5.92 Å². The summed E-state index contributed by atoms with van der Waals surface area (Å²) in [4.78, 5) is 0. The van der Waals surface area contributed by atoms with E-state index in [0.29, 0.717) is 24.1 Å². The molecule has 1 atom stereocenters. The van der Waals surface area contributed by atoms with Crippen molar-refractivity contribution in [1.29, 1.82) is 0 Å². The molecule has 90 valence electrons. The Bertz CT molecular complexity index is 337. The van der Waals surface area contributed by atoms with E-state index < -0.39 is 11.6 Å². The zero-order chi connectivity index (χ0) is 12.1. The van der Waals surface area contributed by atoms with Gasteiger partial charge in [-0.15, -0.1) is 0 Å². The van der Waals surface area contributed by atoms with Gasteiger partial charge in [0.2, 0.25) is 0 Å². The molecule has 1 N–H and O–H groups in total. The van der Waals surface area contributed by atoms with Crippen molar-refractivity contribution in [2.75, 3.05) is 0 Å². The average Bonchev–Trinajstić information content (AvgIpc) is 2.19. The van der Waals surface area contributed by atoms with Gasteiger partial charge in [-0.05, 0) is 25.3 Å². The minimum absolute atomic E-state index is 0.308. The highest BCUT2D eigenvalue weighted by Gasteiger charge is 2.09. The first-order valence-corrected chi connectivity index (χ1v) is 5.67. The van der Waals surface area contributed by atoms with E-state index >= 15 is 0 Å². The van der Waals surface area contributed by atoms with Gasteiger partial charge in [-0.1, -0.05) is 26.0 Å². The van der Waals surface area contributed by atoms with E-state index in [9.17, 15) is 8.78 Å². The topological polar surface area (TPSA) is 12.0 Å². The summed E-state index contributed by atoms with van der Waals surface area (Å²) < 4.78 is 26.2. The van der Waals surface area contributed by atoms with Crippen LogP contribution >= 0.6 is 0 Å². The summed E-state index contributed by atoms with van der Waals surface area (Å²) in [6.07, 6.45) is 1.02. The van der Waals surface area contributed by atoms with Crippen LogP contribution in [0.2, 0.25) is 0 Å². The molecule has 0 aromatic heterocycles. The fourth-order valence-electron chi connectivity index (χ4n) is 1.76. The lowest BCUT2D eigenvalue weighted by Gasteiger charge is -2.16. The van der Waals surface area contributed by atoms with Crippen LogP contribution in [0.15, 0.2) is 18.2 Å².